The molecule has 0 heterocycles. The van der Waals surface area contributed by atoms with E-state index in [1.807, 2.05) is 0 Å². The Morgan fingerprint density at radius 2 is 2.25 bits per heavy atom. The summed E-state index contributed by atoms with van der Waals surface area (Å²) in [6.07, 6.45) is 0.629. The van der Waals surface area contributed by atoms with E-state index in [-0.39, 0.29) is 11.4 Å². The Bertz CT molecular complexity index is 475. The van der Waals surface area contributed by atoms with Crippen molar-refractivity contribution in [2.24, 2.45) is 0 Å². The molecule has 0 spiro atoms. The number of nitrogens with zero attached hydrogens (tertiary/aromatic N) is 1. The van der Waals surface area contributed by atoms with Crippen molar-refractivity contribution in [2.45, 2.75) is 13.3 Å². The maximum atomic E-state index is 10.7. The first-order valence-corrected chi connectivity index (χ1v) is 5.33. The second kappa shape index (κ2) is 5.42. The Labute approximate surface area is 99.4 Å². The molecule has 0 atom stereocenters. The lowest BCUT2D eigenvalue weighted by Gasteiger charge is -2.01. The lowest BCUT2D eigenvalue weighted by Crippen LogP contribution is -1.99. The molecule has 0 unspecified atom stereocenters. The summed E-state index contributed by atoms with van der Waals surface area (Å²) >= 11 is 4.02. The van der Waals surface area contributed by atoms with Crippen LogP contribution in [0.3, 0.4) is 0 Å². The van der Waals surface area contributed by atoms with Crippen LogP contribution in [0.2, 0.25) is 0 Å². The normalized spacial score (nSPS) is 9.38. The molecule has 4 nitrogen and oxygen atoms in total. The van der Waals surface area contributed by atoms with E-state index in [4.69, 9.17) is 5.73 Å². The van der Waals surface area contributed by atoms with Crippen molar-refractivity contribution in [3.8, 4) is 11.8 Å². The van der Waals surface area contributed by atoms with E-state index in [2.05, 4.69) is 24.5 Å². The number of nitrogens with two attached hydrogens (primary N) is 1. The van der Waals surface area contributed by atoms with Gasteiger partial charge in [-0.05, 0) is 18.6 Å². The quantitative estimate of drug-likeness (QED) is 0.272. The van der Waals surface area contributed by atoms with Gasteiger partial charge in [-0.15, -0.1) is 0 Å². The fourth-order valence-electron chi connectivity index (χ4n) is 1.25. The smallest absolute Gasteiger partial charge is 0.293 e. The minimum absolute atomic E-state index is 0.0878. The highest BCUT2D eigenvalue weighted by atomic mass is 32.1. The molecule has 0 amide bonds. The summed E-state index contributed by atoms with van der Waals surface area (Å²) in [7, 11) is 0. The molecular weight excluding hydrogens is 224 g/mol. The molecular formula is C11H12N2O2S. The standard InChI is InChI=1S/C11H12N2O2S/c1-8-6-9(4-2-3-5-16)11(12)10(7-8)13(14)15/h6-7,16H,3,5,12H2,1H3. The number of anilines is 1. The third-order valence-corrected chi connectivity index (χ3v) is 2.18. The molecule has 0 saturated carbocycles. The molecule has 0 aliphatic rings. The van der Waals surface area contributed by atoms with E-state index >= 15 is 0 Å². The van der Waals surface area contributed by atoms with Gasteiger partial charge in [0.2, 0.25) is 0 Å². The predicted octanol–water partition coefficient (Wildman–Crippen LogP) is 2.16. The van der Waals surface area contributed by atoms with Crippen LogP contribution in [0.1, 0.15) is 17.5 Å². The van der Waals surface area contributed by atoms with Gasteiger partial charge in [0.1, 0.15) is 5.69 Å². The second-order valence-corrected chi connectivity index (χ2v) is 3.72. The van der Waals surface area contributed by atoms with Gasteiger partial charge >= 0.3 is 0 Å². The highest BCUT2D eigenvalue weighted by molar-refractivity contribution is 7.80. The van der Waals surface area contributed by atoms with Gasteiger partial charge in [-0.1, -0.05) is 11.8 Å². The molecule has 1 aromatic rings. The average Bonchev–Trinajstić information content (AvgIpc) is 2.22. The van der Waals surface area contributed by atoms with E-state index in [1.54, 1.807) is 13.0 Å². The number of hydrogen-bond donors (Lipinski definition) is 2. The number of thiol groups is 1. The van der Waals surface area contributed by atoms with Crippen LogP contribution in [0, 0.1) is 28.9 Å². The second-order valence-electron chi connectivity index (χ2n) is 3.28. The number of aryl methyl sites for hydroxylation is 1. The van der Waals surface area contributed by atoms with Crippen LogP contribution in [0.15, 0.2) is 12.1 Å². The molecule has 1 rings (SSSR count). The fraction of sp³-hybridized carbons (Fsp3) is 0.273. The molecule has 0 radical (unpaired) electrons. The molecule has 0 aliphatic carbocycles. The lowest BCUT2D eigenvalue weighted by atomic mass is 10.1. The topological polar surface area (TPSA) is 69.2 Å². The highest BCUT2D eigenvalue weighted by Gasteiger charge is 2.14. The summed E-state index contributed by atoms with van der Waals surface area (Å²) in [4.78, 5) is 10.2. The van der Waals surface area contributed by atoms with Gasteiger partial charge < -0.3 is 5.73 Å². The third-order valence-electron chi connectivity index (χ3n) is 1.96. The predicted molar refractivity (Wildman–Crippen MR) is 67.6 cm³/mol. The Balaban J connectivity index is 3.21. The van der Waals surface area contributed by atoms with E-state index in [0.29, 0.717) is 17.7 Å². The molecule has 0 aromatic heterocycles. The summed E-state index contributed by atoms with van der Waals surface area (Å²) in [5.41, 5.74) is 6.99. The number of rotatable bonds is 2. The minimum atomic E-state index is -0.494. The molecule has 0 bridgehead atoms. The van der Waals surface area contributed by atoms with E-state index in [1.165, 1.54) is 6.07 Å². The Hall–Kier alpha value is -1.67. The summed E-state index contributed by atoms with van der Waals surface area (Å²) < 4.78 is 0. The van der Waals surface area contributed by atoms with Crippen LogP contribution < -0.4 is 5.73 Å². The zero-order valence-corrected chi connectivity index (χ0v) is 9.75. The van der Waals surface area contributed by atoms with Gasteiger partial charge in [0, 0.05) is 18.2 Å². The maximum Gasteiger partial charge on any atom is 0.293 e. The van der Waals surface area contributed by atoms with Crippen LogP contribution in [-0.4, -0.2) is 10.7 Å². The maximum absolute atomic E-state index is 10.7. The van der Waals surface area contributed by atoms with Crippen LogP contribution >= 0.6 is 12.6 Å². The van der Waals surface area contributed by atoms with Crippen molar-refractivity contribution in [3.05, 3.63) is 33.4 Å². The van der Waals surface area contributed by atoms with Crippen molar-refractivity contribution in [1.29, 1.82) is 0 Å². The number of benzene rings is 1. The minimum Gasteiger partial charge on any atom is -0.392 e. The van der Waals surface area contributed by atoms with Gasteiger partial charge in [0.05, 0.1) is 10.5 Å². The number of nitro groups is 1. The lowest BCUT2D eigenvalue weighted by molar-refractivity contribution is -0.383. The van der Waals surface area contributed by atoms with Crippen LogP contribution in [0.4, 0.5) is 11.4 Å². The van der Waals surface area contributed by atoms with Crippen molar-refractivity contribution in [2.75, 3.05) is 11.5 Å². The van der Waals surface area contributed by atoms with Crippen molar-refractivity contribution in [1.82, 2.24) is 0 Å². The van der Waals surface area contributed by atoms with E-state index in [9.17, 15) is 10.1 Å². The van der Waals surface area contributed by atoms with E-state index < -0.39 is 4.92 Å². The Kier molecular flexibility index (Phi) is 4.20. The van der Waals surface area contributed by atoms with Gasteiger partial charge in [-0.25, -0.2) is 0 Å². The molecule has 1 aromatic carbocycles. The average molecular weight is 236 g/mol. The molecule has 5 heteroatoms. The summed E-state index contributed by atoms with van der Waals surface area (Å²) in [6, 6.07) is 3.19. The highest BCUT2D eigenvalue weighted by Crippen LogP contribution is 2.26. The molecule has 0 aliphatic heterocycles. The first-order valence-electron chi connectivity index (χ1n) is 4.70. The molecule has 84 valence electrons. The zero-order valence-electron chi connectivity index (χ0n) is 8.86. The number of nitro benzene ring substituents is 1. The third kappa shape index (κ3) is 2.91. The number of hydrogen-bond acceptors (Lipinski definition) is 4. The summed E-state index contributed by atoms with van der Waals surface area (Å²) in [6.45, 7) is 1.77. The first kappa shape index (κ1) is 12.4. The summed E-state index contributed by atoms with van der Waals surface area (Å²) in [5, 5.41) is 10.7. The Morgan fingerprint density at radius 3 is 2.81 bits per heavy atom. The largest absolute Gasteiger partial charge is 0.392 e. The monoisotopic (exact) mass is 236 g/mol. The van der Waals surface area contributed by atoms with Gasteiger partial charge in [0.25, 0.3) is 5.69 Å². The zero-order chi connectivity index (χ0) is 12.1. The number of nitrogen functional groups attached to an aromatic ring is 1. The summed E-state index contributed by atoms with van der Waals surface area (Å²) in [5.74, 6) is 6.33. The van der Waals surface area contributed by atoms with Gasteiger partial charge in [-0.3, -0.25) is 10.1 Å². The van der Waals surface area contributed by atoms with E-state index in [0.717, 1.165) is 5.56 Å². The molecule has 0 fully saturated rings. The van der Waals surface area contributed by atoms with Crippen LogP contribution in [0.5, 0.6) is 0 Å². The first-order chi connectivity index (χ1) is 7.56. The van der Waals surface area contributed by atoms with Crippen molar-refractivity contribution < 1.29 is 4.92 Å². The molecule has 2 N–H and O–H groups in total. The van der Waals surface area contributed by atoms with Crippen LogP contribution in [-0.2, 0) is 0 Å². The van der Waals surface area contributed by atoms with Crippen molar-refractivity contribution >= 4 is 24.0 Å². The van der Waals surface area contributed by atoms with Crippen LogP contribution in [0.25, 0.3) is 0 Å². The molecule has 0 saturated heterocycles. The SMILES string of the molecule is Cc1cc(C#CCCS)c(N)c([N+](=O)[O-])c1. The molecule has 16 heavy (non-hydrogen) atoms. The fourth-order valence-corrected chi connectivity index (χ4v) is 1.36. The van der Waals surface area contributed by atoms with Gasteiger partial charge in [0.15, 0.2) is 0 Å². The van der Waals surface area contributed by atoms with Crippen molar-refractivity contribution in [3.63, 3.8) is 0 Å². The van der Waals surface area contributed by atoms with Gasteiger partial charge in [-0.2, -0.15) is 12.6 Å². The Morgan fingerprint density at radius 1 is 1.56 bits per heavy atom.